The van der Waals surface area contributed by atoms with Gasteiger partial charge in [0.15, 0.2) is 0 Å². The molecule has 0 spiro atoms. The third-order valence-corrected chi connectivity index (χ3v) is 4.58. The van der Waals surface area contributed by atoms with Crippen LogP contribution in [-0.4, -0.2) is 28.4 Å². The number of aromatic amines is 1. The fourth-order valence-corrected chi connectivity index (χ4v) is 3.49. The van der Waals surface area contributed by atoms with Crippen molar-refractivity contribution in [2.24, 2.45) is 0 Å². The summed E-state index contributed by atoms with van der Waals surface area (Å²) in [5.41, 5.74) is -0.410. The number of aryl methyl sites for hydroxylation is 1. The van der Waals surface area contributed by atoms with Crippen LogP contribution in [0.25, 0.3) is 0 Å². The van der Waals surface area contributed by atoms with Crippen LogP contribution in [0.3, 0.4) is 0 Å². The summed E-state index contributed by atoms with van der Waals surface area (Å²) < 4.78 is 17.8. The van der Waals surface area contributed by atoms with E-state index >= 15 is 0 Å². The lowest BCUT2D eigenvalue weighted by atomic mass is 10.2. The second kappa shape index (κ2) is 4.88. The van der Waals surface area contributed by atoms with Gasteiger partial charge < -0.3 is 4.74 Å². The Hall–Kier alpha value is -0.920. The van der Waals surface area contributed by atoms with E-state index in [1.165, 1.54) is 10.8 Å². The summed E-state index contributed by atoms with van der Waals surface area (Å²) in [6.45, 7) is 2.02. The van der Waals surface area contributed by atoms with Crippen molar-refractivity contribution in [1.82, 2.24) is 9.55 Å². The minimum absolute atomic E-state index is 0.151. The van der Waals surface area contributed by atoms with E-state index in [1.54, 1.807) is 6.92 Å². The Labute approximate surface area is 114 Å². The summed E-state index contributed by atoms with van der Waals surface area (Å²) in [6, 6.07) is 0. The highest BCUT2D eigenvalue weighted by molar-refractivity contribution is 8.00. The molecule has 0 bridgehead atoms. The Bertz CT molecular complexity index is 642. The van der Waals surface area contributed by atoms with Crippen LogP contribution >= 0.6 is 7.15 Å². The fraction of sp³-hybridized carbons (Fsp3) is 0.600. The number of rotatable bonds is 1. The molecular formula is C10H12N2O5PS+. The van der Waals surface area contributed by atoms with Crippen LogP contribution in [0.5, 0.6) is 0 Å². The molecule has 1 N–H and O–H groups in total. The fourth-order valence-electron chi connectivity index (χ4n) is 2.21. The molecule has 3 rings (SSSR count). The third-order valence-electron chi connectivity index (χ3n) is 3.20. The van der Waals surface area contributed by atoms with Crippen LogP contribution in [0.2, 0.25) is 0 Å². The van der Waals surface area contributed by atoms with Gasteiger partial charge in [0.1, 0.15) is 25.0 Å². The van der Waals surface area contributed by atoms with Gasteiger partial charge in [-0.1, -0.05) is 0 Å². The molecule has 0 saturated carbocycles. The molecule has 102 valence electrons. The summed E-state index contributed by atoms with van der Waals surface area (Å²) in [7, 11) is -1.27. The Morgan fingerprint density at radius 1 is 1.47 bits per heavy atom. The van der Waals surface area contributed by atoms with Crippen molar-refractivity contribution < 1.29 is 13.8 Å². The van der Waals surface area contributed by atoms with E-state index in [2.05, 4.69) is 4.98 Å². The zero-order chi connectivity index (χ0) is 13.6. The molecule has 1 aromatic rings. The van der Waals surface area contributed by atoms with Gasteiger partial charge in [-0.25, -0.2) is 4.79 Å². The van der Waals surface area contributed by atoms with Crippen LogP contribution in [0.1, 0.15) is 18.2 Å². The Balaban J connectivity index is 1.89. The molecule has 1 aromatic heterocycles. The number of fused-ring (bicyclic) bond motifs is 1. The highest BCUT2D eigenvalue weighted by Crippen LogP contribution is 2.41. The molecule has 3 heterocycles. The molecule has 0 aliphatic carbocycles. The maximum absolute atomic E-state index is 11.8. The first-order valence-corrected chi connectivity index (χ1v) is 7.98. The lowest BCUT2D eigenvalue weighted by Gasteiger charge is -2.16. The van der Waals surface area contributed by atoms with Crippen molar-refractivity contribution in [2.75, 3.05) is 6.61 Å². The average molecular weight is 303 g/mol. The van der Waals surface area contributed by atoms with Gasteiger partial charge >= 0.3 is 12.8 Å². The van der Waals surface area contributed by atoms with Crippen molar-refractivity contribution in [3.63, 3.8) is 0 Å². The van der Waals surface area contributed by atoms with Crippen LogP contribution < -0.4 is 11.2 Å². The highest BCUT2D eigenvalue weighted by atomic mass is 32.4. The number of aromatic nitrogens is 2. The number of ether oxygens (including phenoxy) is 1. The maximum Gasteiger partial charge on any atom is 0.522 e. The van der Waals surface area contributed by atoms with Crippen molar-refractivity contribution in [3.8, 4) is 0 Å². The topological polar surface area (TPSA) is 82.6 Å². The zero-order valence-electron chi connectivity index (χ0n) is 10.1. The van der Waals surface area contributed by atoms with Gasteiger partial charge in [-0.3, -0.25) is 14.3 Å². The molecular weight excluding hydrogens is 291 g/mol. The highest BCUT2D eigenvalue weighted by Gasteiger charge is 2.46. The van der Waals surface area contributed by atoms with Crippen molar-refractivity contribution in [1.29, 1.82) is 0 Å². The number of nitrogens with one attached hydrogen (secondary N) is 1. The average Bonchev–Trinajstić information content (AvgIpc) is 2.76. The van der Waals surface area contributed by atoms with E-state index in [4.69, 9.17) is 25.6 Å². The van der Waals surface area contributed by atoms with Gasteiger partial charge in [-0.05, 0) is 6.92 Å². The molecule has 0 radical (unpaired) electrons. The predicted molar refractivity (Wildman–Crippen MR) is 69.7 cm³/mol. The van der Waals surface area contributed by atoms with Crippen LogP contribution in [0, 0.1) is 6.92 Å². The normalized spacial score (nSPS) is 32.3. The van der Waals surface area contributed by atoms with Crippen molar-refractivity contribution in [3.05, 3.63) is 32.6 Å². The standard InChI is InChI=1S/C10H11N2O5PS/c1-5-3-12(10(14)11-9(5)13)8-2-6-7(16-8)4-15-18(19)17-6/h3,6-8H,2,4H2,1H3/p+1/t6-,7+,8+/m0/s1. The van der Waals surface area contributed by atoms with Crippen LogP contribution in [0.15, 0.2) is 15.8 Å². The lowest BCUT2D eigenvalue weighted by Crippen LogP contribution is -2.33. The van der Waals surface area contributed by atoms with Crippen molar-refractivity contribution >= 4 is 19.0 Å². The molecule has 4 atom stereocenters. The number of hydrogen-bond donors (Lipinski definition) is 1. The summed E-state index contributed by atoms with van der Waals surface area (Å²) in [5.74, 6) is 0. The molecule has 1 unspecified atom stereocenters. The first-order chi connectivity index (χ1) is 9.04. The molecule has 2 aliphatic rings. The summed E-state index contributed by atoms with van der Waals surface area (Å²) >= 11 is 4.98. The summed E-state index contributed by atoms with van der Waals surface area (Å²) in [4.78, 5) is 25.4. The van der Waals surface area contributed by atoms with Crippen molar-refractivity contribution in [2.45, 2.75) is 31.8 Å². The molecule has 2 aliphatic heterocycles. The van der Waals surface area contributed by atoms with E-state index in [9.17, 15) is 9.59 Å². The van der Waals surface area contributed by atoms with Crippen LogP contribution in [0.4, 0.5) is 0 Å². The number of H-pyrrole nitrogens is 1. The van der Waals surface area contributed by atoms with Gasteiger partial charge in [0, 0.05) is 18.2 Å². The van der Waals surface area contributed by atoms with Gasteiger partial charge in [0.2, 0.25) is 11.8 Å². The van der Waals surface area contributed by atoms with E-state index < -0.39 is 19.1 Å². The van der Waals surface area contributed by atoms with E-state index in [0.717, 1.165) is 0 Å². The minimum Gasteiger partial charge on any atom is -0.349 e. The quantitative estimate of drug-likeness (QED) is 0.753. The minimum atomic E-state index is -1.27. The Morgan fingerprint density at radius 2 is 2.26 bits per heavy atom. The van der Waals surface area contributed by atoms with E-state index in [1.807, 2.05) is 0 Å². The SMILES string of the molecule is Cc1cn([C@H]2C[C@@H]3O[P+](=S)OC[C@H]3O2)c(=O)[nH]c1=O. The molecule has 9 heteroatoms. The van der Waals surface area contributed by atoms with Crippen LogP contribution in [-0.2, 0) is 25.6 Å². The van der Waals surface area contributed by atoms with Gasteiger partial charge in [-0.15, -0.1) is 9.05 Å². The Kier molecular flexibility index (Phi) is 3.36. The van der Waals surface area contributed by atoms with Gasteiger partial charge in [0.05, 0.1) is 0 Å². The molecule has 0 aromatic carbocycles. The smallest absolute Gasteiger partial charge is 0.349 e. The summed E-state index contributed by atoms with van der Waals surface area (Å²) in [5, 5.41) is 0. The maximum atomic E-state index is 11.8. The van der Waals surface area contributed by atoms with Gasteiger partial charge in [0.25, 0.3) is 5.56 Å². The van der Waals surface area contributed by atoms with E-state index in [-0.39, 0.29) is 17.8 Å². The first-order valence-electron chi connectivity index (χ1n) is 5.79. The van der Waals surface area contributed by atoms with Gasteiger partial charge in [-0.2, -0.15) is 0 Å². The van der Waals surface area contributed by atoms with E-state index in [0.29, 0.717) is 18.6 Å². The number of hydrogen-bond acceptors (Lipinski definition) is 6. The lowest BCUT2D eigenvalue weighted by molar-refractivity contribution is -0.0500. The third kappa shape index (κ3) is 2.42. The second-order valence-electron chi connectivity index (χ2n) is 4.51. The number of nitrogens with zero attached hydrogens (tertiary/aromatic N) is 1. The summed E-state index contributed by atoms with van der Waals surface area (Å²) in [6.07, 6.45) is 1.19. The molecule has 19 heavy (non-hydrogen) atoms. The molecule has 2 saturated heterocycles. The molecule has 2 fully saturated rings. The predicted octanol–water partition coefficient (Wildman–Crippen LogP) is 0.322. The molecule has 7 nitrogen and oxygen atoms in total. The first kappa shape index (κ1) is 13.1. The zero-order valence-corrected chi connectivity index (χ0v) is 11.8. The largest absolute Gasteiger partial charge is 0.522 e. The Morgan fingerprint density at radius 3 is 3.05 bits per heavy atom. The second-order valence-corrected chi connectivity index (χ2v) is 6.32. The monoisotopic (exact) mass is 303 g/mol. The molecule has 0 amide bonds.